The van der Waals surface area contributed by atoms with Gasteiger partial charge in [0.2, 0.25) is 0 Å². The molecule has 1 fully saturated rings. The highest BCUT2D eigenvalue weighted by Crippen LogP contribution is 2.56. The summed E-state index contributed by atoms with van der Waals surface area (Å²) in [7, 11) is 1.84. The minimum atomic E-state index is -0.524. The zero-order chi connectivity index (χ0) is 14.2. The molecule has 0 amide bonds. The summed E-state index contributed by atoms with van der Waals surface area (Å²) in [6.45, 7) is 0. The molecule has 0 aliphatic heterocycles. The molecule has 3 rings (SSSR count). The maximum Gasteiger partial charge on any atom is 0.126 e. The SMILES string of the molecule is CNC(c1cc(F)cc(F)c1)C1(c2ccccc2)CC1. The Morgan fingerprint density at radius 2 is 1.60 bits per heavy atom. The largest absolute Gasteiger partial charge is 0.312 e. The third kappa shape index (κ3) is 2.22. The number of nitrogens with one attached hydrogen (secondary N) is 1. The smallest absolute Gasteiger partial charge is 0.126 e. The molecule has 1 atom stereocenters. The van der Waals surface area contributed by atoms with Crippen molar-refractivity contribution in [2.24, 2.45) is 0 Å². The summed E-state index contributed by atoms with van der Waals surface area (Å²) in [6, 6.07) is 13.9. The molecule has 1 saturated carbocycles. The van der Waals surface area contributed by atoms with Gasteiger partial charge in [0, 0.05) is 17.5 Å². The van der Waals surface area contributed by atoms with Crippen molar-refractivity contribution in [2.45, 2.75) is 24.3 Å². The standard InChI is InChI=1S/C17H17F2N/c1-20-16(12-9-14(18)11-15(19)10-12)17(7-8-17)13-5-3-2-4-6-13/h2-6,9-11,16,20H,7-8H2,1H3. The summed E-state index contributed by atoms with van der Waals surface area (Å²) in [4.78, 5) is 0. The van der Waals surface area contributed by atoms with Crippen molar-refractivity contribution in [1.29, 1.82) is 0 Å². The fourth-order valence-electron chi connectivity index (χ4n) is 3.15. The van der Waals surface area contributed by atoms with Crippen molar-refractivity contribution < 1.29 is 8.78 Å². The van der Waals surface area contributed by atoms with Gasteiger partial charge in [-0.3, -0.25) is 0 Å². The summed E-state index contributed by atoms with van der Waals surface area (Å²) < 4.78 is 26.9. The molecule has 1 N–H and O–H groups in total. The molecule has 1 aliphatic carbocycles. The molecule has 1 aliphatic rings. The van der Waals surface area contributed by atoms with E-state index in [9.17, 15) is 8.78 Å². The average Bonchev–Trinajstić information content (AvgIpc) is 3.21. The Labute approximate surface area is 117 Å². The maximum atomic E-state index is 13.5. The Morgan fingerprint density at radius 1 is 1.00 bits per heavy atom. The van der Waals surface area contributed by atoms with Crippen LogP contribution in [-0.4, -0.2) is 7.05 Å². The summed E-state index contributed by atoms with van der Waals surface area (Å²) in [6.07, 6.45) is 2.06. The molecule has 1 unspecified atom stereocenters. The van der Waals surface area contributed by atoms with Crippen molar-refractivity contribution in [1.82, 2.24) is 5.32 Å². The zero-order valence-corrected chi connectivity index (χ0v) is 11.4. The fourth-order valence-corrected chi connectivity index (χ4v) is 3.15. The van der Waals surface area contributed by atoms with Crippen LogP contribution in [0.5, 0.6) is 0 Å². The number of rotatable bonds is 4. The minimum Gasteiger partial charge on any atom is -0.312 e. The second-order valence-electron chi connectivity index (χ2n) is 5.45. The molecule has 0 saturated heterocycles. The van der Waals surface area contributed by atoms with Crippen LogP contribution in [0, 0.1) is 11.6 Å². The third-order valence-electron chi connectivity index (χ3n) is 4.20. The predicted molar refractivity (Wildman–Crippen MR) is 75.5 cm³/mol. The van der Waals surface area contributed by atoms with Gasteiger partial charge in [-0.25, -0.2) is 8.78 Å². The molecule has 2 aromatic carbocycles. The van der Waals surface area contributed by atoms with Crippen molar-refractivity contribution in [3.05, 3.63) is 71.3 Å². The van der Waals surface area contributed by atoms with Gasteiger partial charge >= 0.3 is 0 Å². The van der Waals surface area contributed by atoms with Gasteiger partial charge in [0.15, 0.2) is 0 Å². The third-order valence-corrected chi connectivity index (χ3v) is 4.20. The van der Waals surface area contributed by atoms with Gasteiger partial charge in [-0.05, 0) is 43.1 Å². The second-order valence-corrected chi connectivity index (χ2v) is 5.45. The topological polar surface area (TPSA) is 12.0 Å². The van der Waals surface area contributed by atoms with E-state index in [-0.39, 0.29) is 11.5 Å². The van der Waals surface area contributed by atoms with Crippen LogP contribution < -0.4 is 5.32 Å². The number of halogens is 2. The van der Waals surface area contributed by atoms with E-state index in [1.54, 1.807) is 0 Å². The van der Waals surface area contributed by atoms with Crippen LogP contribution in [0.2, 0.25) is 0 Å². The summed E-state index contributed by atoms with van der Waals surface area (Å²) in [5.41, 5.74) is 1.85. The number of benzene rings is 2. The summed E-state index contributed by atoms with van der Waals surface area (Å²) in [5, 5.41) is 3.24. The molecule has 104 valence electrons. The van der Waals surface area contributed by atoms with Gasteiger partial charge in [-0.15, -0.1) is 0 Å². The van der Waals surface area contributed by atoms with Crippen LogP contribution in [0.15, 0.2) is 48.5 Å². The molecule has 0 spiro atoms. The van der Waals surface area contributed by atoms with Crippen molar-refractivity contribution in [3.63, 3.8) is 0 Å². The molecule has 1 nitrogen and oxygen atoms in total. The van der Waals surface area contributed by atoms with E-state index in [1.807, 2.05) is 25.2 Å². The van der Waals surface area contributed by atoms with E-state index in [4.69, 9.17) is 0 Å². The minimum absolute atomic E-state index is 0.0454. The van der Waals surface area contributed by atoms with Crippen LogP contribution in [-0.2, 0) is 5.41 Å². The van der Waals surface area contributed by atoms with Crippen LogP contribution in [0.3, 0.4) is 0 Å². The molecule has 0 radical (unpaired) electrons. The van der Waals surface area contributed by atoms with Gasteiger partial charge < -0.3 is 5.32 Å². The van der Waals surface area contributed by atoms with Crippen LogP contribution in [0.25, 0.3) is 0 Å². The summed E-state index contributed by atoms with van der Waals surface area (Å²) >= 11 is 0. The van der Waals surface area contributed by atoms with Gasteiger partial charge in [0.05, 0.1) is 0 Å². The zero-order valence-electron chi connectivity index (χ0n) is 11.4. The first-order valence-corrected chi connectivity index (χ1v) is 6.84. The Hall–Kier alpha value is -1.74. The Morgan fingerprint density at radius 3 is 2.10 bits per heavy atom. The van der Waals surface area contributed by atoms with Gasteiger partial charge in [-0.2, -0.15) is 0 Å². The molecule has 0 bridgehead atoms. The highest BCUT2D eigenvalue weighted by molar-refractivity contribution is 5.38. The summed E-state index contributed by atoms with van der Waals surface area (Å²) in [5.74, 6) is -1.05. The molecule has 3 heteroatoms. The highest BCUT2D eigenvalue weighted by Gasteiger charge is 2.50. The van der Waals surface area contributed by atoms with E-state index in [2.05, 4.69) is 17.4 Å². The number of hydrogen-bond acceptors (Lipinski definition) is 1. The van der Waals surface area contributed by atoms with E-state index in [0.717, 1.165) is 18.9 Å². The lowest BCUT2D eigenvalue weighted by Crippen LogP contribution is -2.29. The number of likely N-dealkylation sites (N-methyl/N-ethyl adjacent to an activating group) is 1. The van der Waals surface area contributed by atoms with Crippen LogP contribution in [0.1, 0.15) is 30.0 Å². The van der Waals surface area contributed by atoms with Crippen molar-refractivity contribution in [2.75, 3.05) is 7.05 Å². The normalized spacial score (nSPS) is 17.8. The molecule has 20 heavy (non-hydrogen) atoms. The molecule has 0 aromatic heterocycles. The first-order chi connectivity index (χ1) is 9.65. The van der Waals surface area contributed by atoms with Crippen molar-refractivity contribution >= 4 is 0 Å². The van der Waals surface area contributed by atoms with Crippen molar-refractivity contribution in [3.8, 4) is 0 Å². The lowest BCUT2D eigenvalue weighted by atomic mass is 9.84. The fraction of sp³-hybridized carbons (Fsp3) is 0.294. The molecular weight excluding hydrogens is 256 g/mol. The lowest BCUT2D eigenvalue weighted by Gasteiger charge is -2.28. The Kier molecular flexibility index (Phi) is 3.30. The first-order valence-electron chi connectivity index (χ1n) is 6.84. The maximum absolute atomic E-state index is 13.5. The van der Waals surface area contributed by atoms with E-state index >= 15 is 0 Å². The van der Waals surface area contributed by atoms with Crippen LogP contribution >= 0.6 is 0 Å². The predicted octanol–water partition coefficient (Wildman–Crippen LogP) is 3.96. The Bertz CT molecular complexity index is 585. The van der Waals surface area contributed by atoms with Gasteiger partial charge in [0.1, 0.15) is 11.6 Å². The highest BCUT2D eigenvalue weighted by atomic mass is 19.1. The molecule has 0 heterocycles. The quantitative estimate of drug-likeness (QED) is 0.889. The second kappa shape index (κ2) is 4.98. The first kappa shape index (κ1) is 13.3. The Balaban J connectivity index is 2.02. The van der Waals surface area contributed by atoms with E-state index in [0.29, 0.717) is 5.56 Å². The average molecular weight is 273 g/mol. The van der Waals surface area contributed by atoms with E-state index < -0.39 is 11.6 Å². The van der Waals surface area contributed by atoms with E-state index in [1.165, 1.54) is 17.7 Å². The molecular formula is C17H17F2N. The monoisotopic (exact) mass is 273 g/mol. The van der Waals surface area contributed by atoms with Crippen LogP contribution in [0.4, 0.5) is 8.78 Å². The number of hydrogen-bond donors (Lipinski definition) is 1. The molecule has 2 aromatic rings. The lowest BCUT2D eigenvalue weighted by molar-refractivity contribution is 0.456. The van der Waals surface area contributed by atoms with Gasteiger partial charge in [-0.1, -0.05) is 30.3 Å². The van der Waals surface area contributed by atoms with Gasteiger partial charge in [0.25, 0.3) is 0 Å².